The summed E-state index contributed by atoms with van der Waals surface area (Å²) in [5, 5.41) is 10.8. The predicted molar refractivity (Wildman–Crippen MR) is 86.7 cm³/mol. The smallest absolute Gasteiger partial charge is 0.338 e. The molecule has 2 rings (SSSR count). The van der Waals surface area contributed by atoms with E-state index in [1.165, 1.54) is 0 Å². The van der Waals surface area contributed by atoms with Crippen molar-refractivity contribution in [1.29, 1.82) is 0 Å². The Morgan fingerprint density at radius 2 is 1.36 bits per heavy atom. The third-order valence-electron chi connectivity index (χ3n) is 3.42. The molecule has 0 bridgehead atoms. The Morgan fingerprint density at radius 1 is 0.864 bits per heavy atom. The molecule has 1 unspecified atom stereocenters. The van der Waals surface area contributed by atoms with Gasteiger partial charge in [0.15, 0.2) is 0 Å². The molecule has 22 heavy (non-hydrogen) atoms. The molecule has 0 saturated carbocycles. The lowest BCUT2D eigenvalue weighted by atomic mass is 9.88. The minimum Gasteiger partial charge on any atom is -0.456 e. The first-order chi connectivity index (χ1) is 10.2. The molecule has 3 heteroatoms. The van der Waals surface area contributed by atoms with Crippen LogP contribution in [0.15, 0.2) is 54.6 Å². The van der Waals surface area contributed by atoms with Crippen LogP contribution in [-0.4, -0.2) is 16.7 Å². The summed E-state index contributed by atoms with van der Waals surface area (Å²) in [6.07, 6.45) is 0. The van der Waals surface area contributed by atoms with E-state index in [-0.39, 0.29) is 5.97 Å². The highest BCUT2D eigenvalue weighted by Gasteiger charge is 2.26. The molecule has 0 fully saturated rings. The maximum absolute atomic E-state index is 12.0. The number of aliphatic hydroxyl groups is 1. The number of carbonyl (C=O) groups is 1. The van der Waals surface area contributed by atoms with Crippen molar-refractivity contribution in [3.63, 3.8) is 0 Å². The molecule has 0 aliphatic rings. The van der Waals surface area contributed by atoms with E-state index in [0.717, 1.165) is 11.1 Å². The predicted octanol–water partition coefficient (Wildman–Crippen LogP) is 3.90. The lowest BCUT2D eigenvalue weighted by molar-refractivity contribution is 0.00691. The number of hydrogen-bond donors (Lipinski definition) is 1. The van der Waals surface area contributed by atoms with Crippen LogP contribution in [0.2, 0.25) is 0 Å². The minimum absolute atomic E-state index is 0.363. The molecule has 1 N–H and O–H groups in total. The lowest BCUT2D eigenvalue weighted by Gasteiger charge is -2.25. The van der Waals surface area contributed by atoms with Crippen molar-refractivity contribution in [1.82, 2.24) is 0 Å². The van der Waals surface area contributed by atoms with Gasteiger partial charge in [-0.15, -0.1) is 0 Å². The Balaban J connectivity index is 2.24. The SMILES string of the molecule is CC(C)(C)OC(=O)c1ccc(C(C)(O)c2ccccc2)cc1. The first kappa shape index (κ1) is 16.2. The molecule has 0 spiro atoms. The first-order valence-electron chi connectivity index (χ1n) is 7.32. The fourth-order valence-electron chi connectivity index (χ4n) is 2.20. The van der Waals surface area contributed by atoms with Crippen LogP contribution in [0.25, 0.3) is 0 Å². The van der Waals surface area contributed by atoms with Crippen molar-refractivity contribution < 1.29 is 14.6 Å². The molecule has 0 aliphatic heterocycles. The molecule has 2 aromatic rings. The van der Waals surface area contributed by atoms with Crippen molar-refractivity contribution in [2.75, 3.05) is 0 Å². The van der Waals surface area contributed by atoms with Crippen LogP contribution >= 0.6 is 0 Å². The Labute approximate surface area is 131 Å². The zero-order valence-corrected chi connectivity index (χ0v) is 13.5. The van der Waals surface area contributed by atoms with Crippen molar-refractivity contribution in [3.05, 3.63) is 71.3 Å². The summed E-state index contributed by atoms with van der Waals surface area (Å²) in [7, 11) is 0. The summed E-state index contributed by atoms with van der Waals surface area (Å²) in [5.74, 6) is -0.363. The van der Waals surface area contributed by atoms with E-state index in [2.05, 4.69) is 0 Å². The highest BCUT2D eigenvalue weighted by Crippen LogP contribution is 2.29. The van der Waals surface area contributed by atoms with Gasteiger partial charge in [0, 0.05) is 0 Å². The average Bonchev–Trinajstić information content (AvgIpc) is 2.46. The van der Waals surface area contributed by atoms with Gasteiger partial charge in [0.05, 0.1) is 5.56 Å². The van der Waals surface area contributed by atoms with Gasteiger partial charge in [-0.2, -0.15) is 0 Å². The van der Waals surface area contributed by atoms with Crippen LogP contribution in [0.5, 0.6) is 0 Å². The highest BCUT2D eigenvalue weighted by atomic mass is 16.6. The van der Waals surface area contributed by atoms with Gasteiger partial charge in [-0.05, 0) is 51.0 Å². The molecule has 0 aromatic heterocycles. The van der Waals surface area contributed by atoms with Crippen molar-refractivity contribution in [3.8, 4) is 0 Å². The van der Waals surface area contributed by atoms with Gasteiger partial charge in [0.1, 0.15) is 11.2 Å². The second kappa shape index (κ2) is 5.93. The van der Waals surface area contributed by atoms with E-state index in [1.54, 1.807) is 31.2 Å². The fraction of sp³-hybridized carbons (Fsp3) is 0.316. The number of ether oxygens (including phenoxy) is 1. The summed E-state index contributed by atoms with van der Waals surface area (Å²) < 4.78 is 5.33. The van der Waals surface area contributed by atoms with Gasteiger partial charge < -0.3 is 9.84 Å². The van der Waals surface area contributed by atoms with E-state index >= 15 is 0 Å². The monoisotopic (exact) mass is 298 g/mol. The summed E-state index contributed by atoms with van der Waals surface area (Å²) in [6.45, 7) is 7.24. The van der Waals surface area contributed by atoms with Crippen LogP contribution in [0.4, 0.5) is 0 Å². The number of hydrogen-bond acceptors (Lipinski definition) is 3. The molecule has 0 radical (unpaired) electrons. The van der Waals surface area contributed by atoms with Crippen LogP contribution in [0.3, 0.4) is 0 Å². The second-order valence-electron chi connectivity index (χ2n) is 6.52. The Bertz CT molecular complexity index is 635. The van der Waals surface area contributed by atoms with E-state index in [4.69, 9.17) is 4.74 Å². The standard InChI is InChI=1S/C19H22O3/c1-18(2,3)22-17(20)14-10-12-16(13-11-14)19(4,21)15-8-6-5-7-9-15/h5-13,21H,1-4H3. The van der Waals surface area contributed by atoms with Crippen molar-refractivity contribution >= 4 is 5.97 Å². The quantitative estimate of drug-likeness (QED) is 0.874. The summed E-state index contributed by atoms with van der Waals surface area (Å²) in [5.41, 5.74) is 0.382. The first-order valence-corrected chi connectivity index (χ1v) is 7.32. The lowest BCUT2D eigenvalue weighted by Crippen LogP contribution is -2.25. The topological polar surface area (TPSA) is 46.5 Å². The number of benzene rings is 2. The Morgan fingerprint density at radius 3 is 1.86 bits per heavy atom. The third kappa shape index (κ3) is 3.74. The molecule has 116 valence electrons. The molecule has 2 aromatic carbocycles. The number of esters is 1. The molecule has 0 amide bonds. The molecular weight excluding hydrogens is 276 g/mol. The van der Waals surface area contributed by atoms with Gasteiger partial charge in [0.2, 0.25) is 0 Å². The van der Waals surface area contributed by atoms with E-state index in [0.29, 0.717) is 5.56 Å². The van der Waals surface area contributed by atoms with Gasteiger partial charge in [-0.1, -0.05) is 42.5 Å². The summed E-state index contributed by atoms with van der Waals surface area (Å²) >= 11 is 0. The molecule has 3 nitrogen and oxygen atoms in total. The largest absolute Gasteiger partial charge is 0.456 e. The second-order valence-corrected chi connectivity index (χ2v) is 6.52. The molecule has 0 heterocycles. The number of carbonyl (C=O) groups excluding carboxylic acids is 1. The molecular formula is C19H22O3. The van der Waals surface area contributed by atoms with Gasteiger partial charge in [0.25, 0.3) is 0 Å². The van der Waals surface area contributed by atoms with E-state index in [9.17, 15) is 9.90 Å². The molecule has 0 saturated heterocycles. The average molecular weight is 298 g/mol. The van der Waals surface area contributed by atoms with E-state index < -0.39 is 11.2 Å². The maximum atomic E-state index is 12.0. The Hall–Kier alpha value is -2.13. The molecule has 1 atom stereocenters. The van der Waals surface area contributed by atoms with E-state index in [1.807, 2.05) is 51.1 Å². The van der Waals surface area contributed by atoms with Crippen LogP contribution in [-0.2, 0) is 10.3 Å². The van der Waals surface area contributed by atoms with Gasteiger partial charge >= 0.3 is 5.97 Å². The number of rotatable bonds is 3. The maximum Gasteiger partial charge on any atom is 0.338 e. The van der Waals surface area contributed by atoms with Gasteiger partial charge in [-0.3, -0.25) is 0 Å². The fourth-order valence-corrected chi connectivity index (χ4v) is 2.20. The van der Waals surface area contributed by atoms with Gasteiger partial charge in [-0.25, -0.2) is 4.79 Å². The van der Waals surface area contributed by atoms with Crippen LogP contribution in [0, 0.1) is 0 Å². The normalized spacial score (nSPS) is 14.2. The van der Waals surface area contributed by atoms with Crippen LogP contribution < -0.4 is 0 Å². The summed E-state index contributed by atoms with van der Waals surface area (Å²) in [4.78, 5) is 12.0. The third-order valence-corrected chi connectivity index (χ3v) is 3.42. The van der Waals surface area contributed by atoms with Crippen molar-refractivity contribution in [2.24, 2.45) is 0 Å². The van der Waals surface area contributed by atoms with Crippen LogP contribution in [0.1, 0.15) is 49.2 Å². The molecule has 0 aliphatic carbocycles. The highest BCUT2D eigenvalue weighted by molar-refractivity contribution is 5.89. The summed E-state index contributed by atoms with van der Waals surface area (Å²) in [6, 6.07) is 16.3. The Kier molecular flexibility index (Phi) is 4.38. The zero-order valence-electron chi connectivity index (χ0n) is 13.5. The zero-order chi connectivity index (χ0) is 16.4. The van der Waals surface area contributed by atoms with Crippen molar-refractivity contribution in [2.45, 2.75) is 38.9 Å². The minimum atomic E-state index is -1.10.